The predicted molar refractivity (Wildman–Crippen MR) is 110 cm³/mol. The molecule has 0 saturated heterocycles. The zero-order valence-corrected chi connectivity index (χ0v) is 15.7. The topological polar surface area (TPSA) is 44.5 Å². The molecule has 0 bridgehead atoms. The lowest BCUT2D eigenvalue weighted by molar-refractivity contribution is 0.131. The van der Waals surface area contributed by atoms with Crippen molar-refractivity contribution in [3.63, 3.8) is 0 Å². The highest BCUT2D eigenvalue weighted by Crippen LogP contribution is 2.42. The number of rotatable bonds is 8. The van der Waals surface area contributed by atoms with Gasteiger partial charge in [0.25, 0.3) is 0 Å². The smallest absolute Gasteiger partial charge is 0.118 e. The van der Waals surface area contributed by atoms with Gasteiger partial charge in [0.05, 0.1) is 19.1 Å². The zero-order valence-electron chi connectivity index (χ0n) is 15.7. The molecule has 0 aromatic heterocycles. The van der Waals surface area contributed by atoms with Gasteiger partial charge < -0.3 is 15.2 Å². The number of hydrogen-bond acceptors (Lipinski definition) is 3. The van der Waals surface area contributed by atoms with Crippen LogP contribution in [-0.2, 0) is 10.2 Å². The lowest BCUT2D eigenvalue weighted by Gasteiger charge is -2.41. The summed E-state index contributed by atoms with van der Waals surface area (Å²) in [6.45, 7) is 4.57. The molecule has 0 aliphatic rings. The van der Waals surface area contributed by atoms with Crippen LogP contribution in [0, 0.1) is 6.92 Å². The highest BCUT2D eigenvalue weighted by atomic mass is 16.5. The normalized spacial score (nSPS) is 12.6. The maximum Gasteiger partial charge on any atom is 0.118 e. The van der Waals surface area contributed by atoms with Crippen LogP contribution in [0.25, 0.3) is 0 Å². The Balaban J connectivity index is 2.27. The molecule has 1 radical (unpaired) electrons. The van der Waals surface area contributed by atoms with Gasteiger partial charge in [0.15, 0.2) is 0 Å². The fraction of sp³-hybridized carbons (Fsp3) is 0.208. The Morgan fingerprint density at radius 3 is 1.74 bits per heavy atom. The molecule has 27 heavy (non-hydrogen) atoms. The second-order valence-corrected chi connectivity index (χ2v) is 6.45. The lowest BCUT2D eigenvalue weighted by Crippen LogP contribution is -2.50. The van der Waals surface area contributed by atoms with Gasteiger partial charge in [-0.15, -0.1) is 0 Å². The molecule has 0 amide bonds. The quantitative estimate of drug-likeness (QED) is 0.612. The monoisotopic (exact) mass is 360 g/mol. The van der Waals surface area contributed by atoms with Crippen LogP contribution >= 0.6 is 0 Å². The van der Waals surface area contributed by atoms with Gasteiger partial charge in [-0.05, 0) is 35.7 Å². The molecule has 3 aromatic carbocycles. The van der Waals surface area contributed by atoms with Gasteiger partial charge in [0, 0.05) is 12.6 Å². The van der Waals surface area contributed by atoms with Crippen molar-refractivity contribution in [3.05, 3.63) is 109 Å². The summed E-state index contributed by atoms with van der Waals surface area (Å²) in [7, 11) is 1.67. The second kappa shape index (κ2) is 8.85. The third-order valence-corrected chi connectivity index (χ3v) is 5.00. The summed E-state index contributed by atoms with van der Waals surface area (Å²) in [4.78, 5) is 0. The Morgan fingerprint density at radius 2 is 1.30 bits per heavy atom. The van der Waals surface area contributed by atoms with Gasteiger partial charge in [0.1, 0.15) is 5.75 Å². The molecule has 0 aliphatic heterocycles. The van der Waals surface area contributed by atoms with Crippen LogP contribution in [0.2, 0.25) is 0 Å². The molecule has 0 fully saturated rings. The minimum absolute atomic E-state index is 0.294. The van der Waals surface area contributed by atoms with Crippen molar-refractivity contribution in [2.75, 3.05) is 20.3 Å². The second-order valence-electron chi connectivity index (χ2n) is 6.45. The zero-order chi connectivity index (χ0) is 19.1. The maximum atomic E-state index is 6.82. The number of methoxy groups -OCH3 is 1. The molecule has 0 aliphatic carbocycles. The van der Waals surface area contributed by atoms with Crippen LogP contribution in [0.15, 0.2) is 84.9 Å². The van der Waals surface area contributed by atoms with Gasteiger partial charge in [-0.2, -0.15) is 0 Å². The van der Waals surface area contributed by atoms with E-state index < -0.39 is 5.41 Å². The Labute approximate surface area is 161 Å². The summed E-state index contributed by atoms with van der Waals surface area (Å²) in [5, 5.41) is 0. The fourth-order valence-electron chi connectivity index (χ4n) is 3.73. The summed E-state index contributed by atoms with van der Waals surface area (Å²) in [6, 6.07) is 28.6. The summed E-state index contributed by atoms with van der Waals surface area (Å²) in [6.07, 6.45) is 0. The van der Waals surface area contributed by atoms with Crippen molar-refractivity contribution < 1.29 is 9.47 Å². The predicted octanol–water partition coefficient (Wildman–Crippen LogP) is 4.21. The molecule has 139 valence electrons. The molecule has 3 aromatic rings. The lowest BCUT2D eigenvalue weighted by atomic mass is 9.65. The molecule has 1 unspecified atom stereocenters. The van der Waals surface area contributed by atoms with E-state index in [2.05, 4.69) is 43.3 Å². The average Bonchev–Trinajstić information content (AvgIpc) is 2.75. The Morgan fingerprint density at radius 1 is 0.815 bits per heavy atom. The molecule has 3 nitrogen and oxygen atoms in total. The van der Waals surface area contributed by atoms with Crippen molar-refractivity contribution >= 4 is 0 Å². The molecule has 0 spiro atoms. The van der Waals surface area contributed by atoms with E-state index in [9.17, 15) is 0 Å². The number of nitrogens with two attached hydrogens (primary N) is 1. The highest BCUT2D eigenvalue weighted by Gasteiger charge is 2.42. The first-order chi connectivity index (χ1) is 13.2. The Bertz CT molecular complexity index is 777. The summed E-state index contributed by atoms with van der Waals surface area (Å²) in [5.74, 6) is 0.816. The summed E-state index contributed by atoms with van der Waals surface area (Å²) < 4.78 is 11.0. The third kappa shape index (κ3) is 3.75. The van der Waals surface area contributed by atoms with Crippen molar-refractivity contribution in [2.24, 2.45) is 5.73 Å². The number of hydrogen-bond donors (Lipinski definition) is 1. The van der Waals surface area contributed by atoms with Crippen molar-refractivity contribution in [1.82, 2.24) is 0 Å². The molecular weight excluding hydrogens is 334 g/mol. The van der Waals surface area contributed by atoms with Crippen LogP contribution in [0.1, 0.15) is 16.7 Å². The van der Waals surface area contributed by atoms with Crippen LogP contribution in [0.5, 0.6) is 5.75 Å². The van der Waals surface area contributed by atoms with E-state index in [0.717, 1.165) is 22.4 Å². The highest BCUT2D eigenvalue weighted by molar-refractivity contribution is 5.53. The molecule has 0 heterocycles. The Hall–Kier alpha value is -2.62. The third-order valence-electron chi connectivity index (χ3n) is 5.00. The molecule has 1 atom stereocenters. The van der Waals surface area contributed by atoms with Crippen LogP contribution < -0.4 is 10.5 Å². The number of benzene rings is 3. The maximum absolute atomic E-state index is 6.82. The molecule has 0 saturated carbocycles. The van der Waals surface area contributed by atoms with E-state index in [4.69, 9.17) is 15.2 Å². The largest absolute Gasteiger partial charge is 0.497 e. The van der Waals surface area contributed by atoms with Crippen molar-refractivity contribution in [2.45, 2.75) is 11.5 Å². The van der Waals surface area contributed by atoms with Gasteiger partial charge in [0.2, 0.25) is 0 Å². The Kier molecular flexibility index (Phi) is 6.28. The first kappa shape index (κ1) is 19.2. The van der Waals surface area contributed by atoms with Gasteiger partial charge in [-0.1, -0.05) is 72.8 Å². The van der Waals surface area contributed by atoms with Crippen LogP contribution in [-0.4, -0.2) is 26.4 Å². The molecule has 3 rings (SSSR count). The summed E-state index contributed by atoms with van der Waals surface area (Å²) >= 11 is 0. The van der Waals surface area contributed by atoms with E-state index in [0.29, 0.717) is 13.2 Å². The van der Waals surface area contributed by atoms with E-state index >= 15 is 0 Å². The van der Waals surface area contributed by atoms with Crippen molar-refractivity contribution in [1.29, 1.82) is 0 Å². The molecule has 2 N–H and O–H groups in total. The minimum Gasteiger partial charge on any atom is -0.497 e. The van der Waals surface area contributed by atoms with Crippen LogP contribution in [0.4, 0.5) is 0 Å². The van der Waals surface area contributed by atoms with E-state index in [1.165, 1.54) is 0 Å². The van der Waals surface area contributed by atoms with Gasteiger partial charge >= 0.3 is 0 Å². The van der Waals surface area contributed by atoms with E-state index in [1.807, 2.05) is 48.5 Å². The molecular formula is C24H26NO2. The van der Waals surface area contributed by atoms with E-state index in [-0.39, 0.29) is 6.04 Å². The number of ether oxygens (including phenoxy) is 2. The molecule has 3 heteroatoms. The first-order valence-corrected chi connectivity index (χ1v) is 9.11. The van der Waals surface area contributed by atoms with Gasteiger partial charge in [-0.25, -0.2) is 0 Å². The first-order valence-electron chi connectivity index (χ1n) is 9.11. The standard InChI is InChI=1S/C24H26NO2/c1-3-27-18-23(25)24(19-10-6-4-7-11-19,20-12-8-5-9-13-20)21-14-16-22(26-2)17-15-21/h4-17,23H,1,3,18,25H2,2H3. The van der Waals surface area contributed by atoms with Crippen LogP contribution in [0.3, 0.4) is 0 Å². The average molecular weight is 360 g/mol. The van der Waals surface area contributed by atoms with E-state index in [1.54, 1.807) is 7.11 Å². The minimum atomic E-state index is -0.552. The summed E-state index contributed by atoms with van der Waals surface area (Å²) in [5.41, 5.74) is 9.62. The van der Waals surface area contributed by atoms with Crippen molar-refractivity contribution in [3.8, 4) is 5.75 Å². The fourth-order valence-corrected chi connectivity index (χ4v) is 3.73. The SMILES string of the molecule is [CH2]COCC(N)C(c1ccccc1)(c1ccccc1)c1ccc(OC)cc1. The van der Waals surface area contributed by atoms with Gasteiger partial charge in [-0.3, -0.25) is 0 Å².